The fourth-order valence-corrected chi connectivity index (χ4v) is 1.64. The lowest BCUT2D eigenvalue weighted by molar-refractivity contribution is -0.128. The maximum Gasteiger partial charge on any atom is 0.257 e. The summed E-state index contributed by atoms with van der Waals surface area (Å²) < 4.78 is 10.3. The number of carbonyl (C=O) groups excluding carboxylic acids is 1. The molecule has 0 bridgehead atoms. The van der Waals surface area contributed by atoms with E-state index in [1.807, 2.05) is 0 Å². The van der Waals surface area contributed by atoms with Crippen molar-refractivity contribution in [2.24, 2.45) is 5.41 Å². The molecule has 1 fully saturated rings. The van der Waals surface area contributed by atoms with Gasteiger partial charge in [-0.2, -0.15) is 0 Å². The molecule has 0 aromatic heterocycles. The normalized spacial score (nSPS) is 16.7. The van der Waals surface area contributed by atoms with E-state index in [1.165, 1.54) is 6.07 Å². The highest BCUT2D eigenvalue weighted by molar-refractivity contribution is 5.77. The highest BCUT2D eigenvalue weighted by atomic mass is 16.5. The lowest BCUT2D eigenvalue weighted by Gasteiger charge is -2.37. The number of carbonyl (C=O) groups is 1. The third-order valence-electron chi connectivity index (χ3n) is 2.84. The molecule has 1 aromatic rings. The summed E-state index contributed by atoms with van der Waals surface area (Å²) in [5.74, 6) is 0.141. The summed E-state index contributed by atoms with van der Waals surface area (Å²) in [6.45, 7) is 3.88. The van der Waals surface area contributed by atoms with E-state index < -0.39 is 0 Å². The van der Waals surface area contributed by atoms with Gasteiger partial charge in [-0.3, -0.25) is 4.79 Å². The Morgan fingerprint density at radius 1 is 1.50 bits per heavy atom. The number of nitrogens with one attached hydrogen (secondary N) is 1. The standard InChI is InChI=1S/C13H17NO4/c1-13(8-17-9-13)7-14-12(16)6-18-11-5-3-2-4-10(11)15/h2-5,15H,6-9H2,1H3,(H,14,16). The molecule has 1 aliphatic rings. The molecular weight excluding hydrogens is 234 g/mol. The van der Waals surface area contributed by atoms with Crippen LogP contribution < -0.4 is 10.1 Å². The van der Waals surface area contributed by atoms with Crippen molar-refractivity contribution in [1.82, 2.24) is 5.32 Å². The number of hydrogen-bond donors (Lipinski definition) is 2. The zero-order valence-electron chi connectivity index (χ0n) is 10.3. The van der Waals surface area contributed by atoms with Gasteiger partial charge >= 0.3 is 0 Å². The topological polar surface area (TPSA) is 67.8 Å². The number of ether oxygens (including phenoxy) is 2. The van der Waals surface area contributed by atoms with E-state index in [-0.39, 0.29) is 23.7 Å². The molecule has 1 saturated heterocycles. The first kappa shape index (κ1) is 12.7. The van der Waals surface area contributed by atoms with Gasteiger partial charge in [0.2, 0.25) is 0 Å². The summed E-state index contributed by atoms with van der Waals surface area (Å²) in [7, 11) is 0. The molecule has 0 saturated carbocycles. The SMILES string of the molecule is CC1(CNC(=O)COc2ccccc2O)COC1. The molecule has 0 aliphatic carbocycles. The third kappa shape index (κ3) is 3.13. The van der Waals surface area contributed by atoms with E-state index in [4.69, 9.17) is 9.47 Å². The molecule has 2 N–H and O–H groups in total. The van der Waals surface area contributed by atoms with Crippen LogP contribution in [0.15, 0.2) is 24.3 Å². The number of benzene rings is 1. The van der Waals surface area contributed by atoms with E-state index in [2.05, 4.69) is 12.2 Å². The Bertz CT molecular complexity index is 429. The summed E-state index contributed by atoms with van der Waals surface area (Å²) in [6, 6.07) is 6.56. The van der Waals surface area contributed by atoms with Gasteiger partial charge in [-0.05, 0) is 12.1 Å². The van der Waals surface area contributed by atoms with Crippen molar-refractivity contribution >= 4 is 5.91 Å². The summed E-state index contributed by atoms with van der Waals surface area (Å²) in [5, 5.41) is 12.2. The van der Waals surface area contributed by atoms with Gasteiger partial charge in [0.15, 0.2) is 18.1 Å². The van der Waals surface area contributed by atoms with Gasteiger partial charge in [0.25, 0.3) is 5.91 Å². The number of rotatable bonds is 5. The van der Waals surface area contributed by atoms with Crippen molar-refractivity contribution in [2.45, 2.75) is 6.92 Å². The molecule has 1 amide bonds. The average molecular weight is 251 g/mol. The highest BCUT2D eigenvalue weighted by Crippen LogP contribution is 2.25. The first-order valence-corrected chi connectivity index (χ1v) is 5.84. The van der Waals surface area contributed by atoms with E-state index in [0.717, 1.165) is 0 Å². The van der Waals surface area contributed by atoms with E-state index in [1.54, 1.807) is 18.2 Å². The molecular formula is C13H17NO4. The van der Waals surface area contributed by atoms with Crippen molar-refractivity contribution < 1.29 is 19.4 Å². The predicted octanol–water partition coefficient (Wildman–Crippen LogP) is 0.924. The van der Waals surface area contributed by atoms with Gasteiger partial charge in [-0.25, -0.2) is 0 Å². The van der Waals surface area contributed by atoms with E-state index in [9.17, 15) is 9.90 Å². The van der Waals surface area contributed by atoms with Crippen molar-refractivity contribution in [1.29, 1.82) is 0 Å². The second kappa shape index (κ2) is 5.27. The van der Waals surface area contributed by atoms with Gasteiger partial charge in [-0.15, -0.1) is 0 Å². The zero-order valence-corrected chi connectivity index (χ0v) is 10.3. The van der Waals surface area contributed by atoms with Crippen LogP contribution in [0.1, 0.15) is 6.92 Å². The van der Waals surface area contributed by atoms with Crippen molar-refractivity contribution in [3.63, 3.8) is 0 Å². The van der Waals surface area contributed by atoms with Gasteiger partial charge in [0, 0.05) is 12.0 Å². The van der Waals surface area contributed by atoms with Crippen LogP contribution in [0, 0.1) is 5.41 Å². The zero-order chi connectivity index (χ0) is 13.0. The van der Waals surface area contributed by atoms with Crippen LogP contribution in [0.2, 0.25) is 0 Å². The number of amides is 1. The molecule has 0 unspecified atom stereocenters. The summed E-state index contributed by atoms with van der Waals surface area (Å²) in [6.07, 6.45) is 0. The Labute approximate surface area is 106 Å². The fourth-order valence-electron chi connectivity index (χ4n) is 1.64. The molecule has 0 atom stereocenters. The van der Waals surface area contributed by atoms with Crippen molar-refractivity contribution in [2.75, 3.05) is 26.4 Å². The molecule has 98 valence electrons. The minimum atomic E-state index is -0.202. The monoisotopic (exact) mass is 251 g/mol. The number of phenolic OH excluding ortho intramolecular Hbond substituents is 1. The molecule has 1 aromatic carbocycles. The number of phenols is 1. The van der Waals surface area contributed by atoms with Gasteiger partial charge in [0.05, 0.1) is 13.2 Å². The number of aromatic hydroxyl groups is 1. The lowest BCUT2D eigenvalue weighted by Crippen LogP contribution is -2.49. The minimum Gasteiger partial charge on any atom is -0.504 e. The summed E-state index contributed by atoms with van der Waals surface area (Å²) in [4.78, 5) is 11.6. The van der Waals surface area contributed by atoms with Crippen LogP contribution in [0.25, 0.3) is 0 Å². The molecule has 18 heavy (non-hydrogen) atoms. The Hall–Kier alpha value is -1.75. The molecule has 1 heterocycles. The van der Waals surface area contributed by atoms with E-state index >= 15 is 0 Å². The van der Waals surface area contributed by atoms with Crippen LogP contribution in [0.5, 0.6) is 11.5 Å². The molecule has 2 rings (SSSR count). The maximum atomic E-state index is 11.6. The van der Waals surface area contributed by atoms with Crippen LogP contribution in [-0.2, 0) is 9.53 Å². The molecule has 0 spiro atoms. The number of para-hydroxylation sites is 2. The Balaban J connectivity index is 1.73. The lowest BCUT2D eigenvalue weighted by atomic mass is 9.89. The molecule has 0 radical (unpaired) electrons. The quantitative estimate of drug-likeness (QED) is 0.816. The second-order valence-electron chi connectivity index (χ2n) is 4.84. The van der Waals surface area contributed by atoms with E-state index in [0.29, 0.717) is 25.5 Å². The van der Waals surface area contributed by atoms with Gasteiger partial charge in [0.1, 0.15) is 0 Å². The fraction of sp³-hybridized carbons (Fsp3) is 0.462. The minimum absolute atomic E-state index is 0.0321. The Kier molecular flexibility index (Phi) is 3.72. The largest absolute Gasteiger partial charge is 0.504 e. The molecule has 5 heteroatoms. The van der Waals surface area contributed by atoms with Crippen LogP contribution in [0.4, 0.5) is 0 Å². The summed E-state index contributed by atoms with van der Waals surface area (Å²) in [5.41, 5.74) is 0.0462. The van der Waals surface area contributed by atoms with Crippen LogP contribution in [-0.4, -0.2) is 37.4 Å². The smallest absolute Gasteiger partial charge is 0.257 e. The van der Waals surface area contributed by atoms with Crippen LogP contribution in [0.3, 0.4) is 0 Å². The van der Waals surface area contributed by atoms with Crippen molar-refractivity contribution in [3.8, 4) is 11.5 Å². The third-order valence-corrected chi connectivity index (χ3v) is 2.84. The average Bonchev–Trinajstić information content (AvgIpc) is 2.33. The first-order chi connectivity index (χ1) is 8.59. The summed E-state index contributed by atoms with van der Waals surface area (Å²) >= 11 is 0. The Morgan fingerprint density at radius 3 is 2.83 bits per heavy atom. The molecule has 1 aliphatic heterocycles. The highest BCUT2D eigenvalue weighted by Gasteiger charge is 2.33. The predicted molar refractivity (Wildman–Crippen MR) is 65.5 cm³/mol. The number of hydrogen-bond acceptors (Lipinski definition) is 4. The molecule has 5 nitrogen and oxygen atoms in total. The first-order valence-electron chi connectivity index (χ1n) is 5.84. The van der Waals surface area contributed by atoms with Gasteiger partial charge < -0.3 is 19.9 Å². The Morgan fingerprint density at radius 2 is 2.22 bits per heavy atom. The van der Waals surface area contributed by atoms with Crippen LogP contribution >= 0.6 is 0 Å². The van der Waals surface area contributed by atoms with Crippen molar-refractivity contribution in [3.05, 3.63) is 24.3 Å². The maximum absolute atomic E-state index is 11.6. The second-order valence-corrected chi connectivity index (χ2v) is 4.84. The van der Waals surface area contributed by atoms with Gasteiger partial charge in [-0.1, -0.05) is 19.1 Å².